The van der Waals surface area contributed by atoms with E-state index in [1.807, 2.05) is 32.1 Å². The zero-order valence-electron chi connectivity index (χ0n) is 17.7. The largest absolute Gasteiger partial charge is 0.356 e. The molecule has 0 amide bonds. The molecule has 6 heteroatoms. The molecule has 0 spiro atoms. The molecule has 6 nitrogen and oxygen atoms in total. The highest BCUT2D eigenvalue weighted by atomic mass is 16.5. The number of nitrogens with zero attached hydrogens (tertiary/aromatic N) is 5. The molecule has 1 saturated heterocycles. The van der Waals surface area contributed by atoms with Crippen molar-refractivity contribution in [3.05, 3.63) is 23.1 Å². The molecule has 2 aliphatic rings. The van der Waals surface area contributed by atoms with Gasteiger partial charge in [0.15, 0.2) is 5.76 Å². The summed E-state index contributed by atoms with van der Waals surface area (Å²) in [5.74, 6) is 2.42. The summed E-state index contributed by atoms with van der Waals surface area (Å²) in [7, 11) is 3.99. The van der Waals surface area contributed by atoms with E-state index in [2.05, 4.69) is 22.0 Å². The fourth-order valence-electron chi connectivity index (χ4n) is 4.75. The van der Waals surface area contributed by atoms with Gasteiger partial charge in [-0.1, -0.05) is 24.4 Å². The molecule has 1 unspecified atom stereocenters. The molecule has 1 saturated carbocycles. The molecule has 0 bridgehead atoms. The Morgan fingerprint density at radius 1 is 1.11 bits per heavy atom. The molecule has 2 aromatic heterocycles. The molecule has 1 atom stereocenters. The molecule has 3 heterocycles. The van der Waals surface area contributed by atoms with Crippen LogP contribution in [-0.4, -0.2) is 47.2 Å². The molecule has 0 aromatic carbocycles. The van der Waals surface area contributed by atoms with Crippen LogP contribution in [-0.2, 0) is 0 Å². The summed E-state index contributed by atoms with van der Waals surface area (Å²) < 4.78 is 5.70. The first-order valence-electron chi connectivity index (χ1n) is 10.8. The molecule has 152 valence electrons. The molecular weight excluding hydrogens is 350 g/mol. The van der Waals surface area contributed by atoms with Crippen LogP contribution in [0.15, 0.2) is 10.7 Å². The van der Waals surface area contributed by atoms with Crippen LogP contribution in [0.2, 0.25) is 0 Å². The third-order valence-electron chi connectivity index (χ3n) is 6.50. The number of likely N-dealkylation sites (tertiary alicyclic amines) is 1. The smallest absolute Gasteiger partial charge is 0.225 e. The van der Waals surface area contributed by atoms with E-state index < -0.39 is 0 Å². The molecule has 0 N–H and O–H groups in total. The lowest BCUT2D eigenvalue weighted by Gasteiger charge is -2.31. The molecule has 2 fully saturated rings. The topological polar surface area (TPSA) is 58.3 Å². The van der Waals surface area contributed by atoms with Gasteiger partial charge in [0, 0.05) is 32.4 Å². The van der Waals surface area contributed by atoms with E-state index in [4.69, 9.17) is 9.51 Å². The van der Waals surface area contributed by atoms with Crippen LogP contribution in [0, 0.1) is 19.8 Å². The molecule has 1 aliphatic carbocycles. The van der Waals surface area contributed by atoms with Gasteiger partial charge < -0.3 is 9.42 Å². The van der Waals surface area contributed by atoms with Gasteiger partial charge in [-0.3, -0.25) is 4.90 Å². The first-order valence-corrected chi connectivity index (χ1v) is 10.8. The zero-order chi connectivity index (χ0) is 19.7. The predicted molar refractivity (Wildman–Crippen MR) is 111 cm³/mol. The number of hydrogen-bond acceptors (Lipinski definition) is 6. The van der Waals surface area contributed by atoms with E-state index >= 15 is 0 Å². The van der Waals surface area contributed by atoms with Crippen LogP contribution in [0.1, 0.15) is 67.9 Å². The van der Waals surface area contributed by atoms with Crippen LogP contribution in [0.3, 0.4) is 0 Å². The second-order valence-electron chi connectivity index (χ2n) is 8.74. The average Bonchev–Trinajstić information content (AvgIpc) is 3.29. The number of rotatable bonds is 5. The molecule has 0 radical (unpaired) electrons. The number of aryl methyl sites for hydroxylation is 1. The van der Waals surface area contributed by atoms with Gasteiger partial charge in [-0.25, -0.2) is 9.97 Å². The minimum absolute atomic E-state index is 0.337. The Morgan fingerprint density at radius 3 is 2.57 bits per heavy atom. The molecule has 2 aromatic rings. The first-order chi connectivity index (χ1) is 13.5. The highest BCUT2D eigenvalue weighted by molar-refractivity contribution is 5.65. The highest BCUT2D eigenvalue weighted by Crippen LogP contribution is 2.39. The van der Waals surface area contributed by atoms with Crippen molar-refractivity contribution in [1.82, 2.24) is 20.0 Å². The Morgan fingerprint density at radius 2 is 1.89 bits per heavy atom. The van der Waals surface area contributed by atoms with Gasteiger partial charge in [0.2, 0.25) is 5.95 Å². The van der Waals surface area contributed by atoms with E-state index in [-0.39, 0.29) is 0 Å². The zero-order valence-corrected chi connectivity index (χ0v) is 17.7. The maximum absolute atomic E-state index is 5.70. The second-order valence-corrected chi connectivity index (χ2v) is 8.74. The van der Waals surface area contributed by atoms with E-state index in [0.717, 1.165) is 53.1 Å². The summed E-state index contributed by atoms with van der Waals surface area (Å²) in [6, 6.07) is 0.337. The lowest BCUT2D eigenvalue weighted by Crippen LogP contribution is -2.31. The summed E-state index contributed by atoms with van der Waals surface area (Å²) in [5.41, 5.74) is 4.12. The molecule has 28 heavy (non-hydrogen) atoms. The van der Waals surface area contributed by atoms with Crippen molar-refractivity contribution in [3.8, 4) is 11.3 Å². The number of aromatic nitrogens is 3. The summed E-state index contributed by atoms with van der Waals surface area (Å²) in [4.78, 5) is 14.2. The summed E-state index contributed by atoms with van der Waals surface area (Å²) >= 11 is 0. The standard InChI is InChI=1S/C22H33N5O/c1-15-16(2)25-28-21(15)18-13-23-22(26(3)4)24-20(18)19-11-8-12-27(19)14-17-9-6-5-7-10-17/h13,17,19H,5-12,14H2,1-4H3. The van der Waals surface area contributed by atoms with Crippen molar-refractivity contribution >= 4 is 5.95 Å². The van der Waals surface area contributed by atoms with E-state index in [1.54, 1.807) is 0 Å². The van der Waals surface area contributed by atoms with Crippen molar-refractivity contribution in [3.63, 3.8) is 0 Å². The predicted octanol–water partition coefficient (Wildman–Crippen LogP) is 4.53. The average molecular weight is 384 g/mol. The molecular formula is C22H33N5O. The van der Waals surface area contributed by atoms with E-state index in [9.17, 15) is 0 Å². The SMILES string of the molecule is Cc1noc(-c2cnc(N(C)C)nc2C2CCCN2CC2CCCCC2)c1C. The van der Waals surface area contributed by atoms with Crippen molar-refractivity contribution in [1.29, 1.82) is 0 Å². The normalized spacial score (nSPS) is 21.4. The Hall–Kier alpha value is -1.95. The van der Waals surface area contributed by atoms with Gasteiger partial charge in [0.05, 0.1) is 23.0 Å². The fourth-order valence-corrected chi connectivity index (χ4v) is 4.75. The Bertz CT molecular complexity index is 809. The van der Waals surface area contributed by atoms with Gasteiger partial charge in [-0.15, -0.1) is 0 Å². The minimum atomic E-state index is 0.337. The molecule has 1 aliphatic heterocycles. The summed E-state index contributed by atoms with van der Waals surface area (Å²) in [6.45, 7) is 6.41. The van der Waals surface area contributed by atoms with Crippen LogP contribution >= 0.6 is 0 Å². The number of hydrogen-bond donors (Lipinski definition) is 0. The van der Waals surface area contributed by atoms with Gasteiger partial charge in [0.25, 0.3) is 0 Å². The van der Waals surface area contributed by atoms with E-state index in [0.29, 0.717) is 6.04 Å². The lowest BCUT2D eigenvalue weighted by molar-refractivity contribution is 0.186. The van der Waals surface area contributed by atoms with Gasteiger partial charge in [-0.05, 0) is 52.0 Å². The maximum atomic E-state index is 5.70. The van der Waals surface area contributed by atoms with Gasteiger partial charge in [0.1, 0.15) is 0 Å². The second kappa shape index (κ2) is 8.19. The lowest BCUT2D eigenvalue weighted by atomic mass is 9.88. The third kappa shape index (κ3) is 3.79. The highest BCUT2D eigenvalue weighted by Gasteiger charge is 2.33. The number of anilines is 1. The van der Waals surface area contributed by atoms with Crippen LogP contribution < -0.4 is 4.90 Å². The first kappa shape index (κ1) is 19.4. The van der Waals surface area contributed by atoms with E-state index in [1.165, 1.54) is 45.1 Å². The van der Waals surface area contributed by atoms with Crippen molar-refractivity contribution < 1.29 is 4.52 Å². The van der Waals surface area contributed by atoms with Crippen LogP contribution in [0.5, 0.6) is 0 Å². The van der Waals surface area contributed by atoms with Crippen LogP contribution in [0.25, 0.3) is 11.3 Å². The van der Waals surface area contributed by atoms with Crippen molar-refractivity contribution in [2.75, 3.05) is 32.1 Å². The Balaban J connectivity index is 1.69. The Kier molecular flexibility index (Phi) is 5.67. The van der Waals surface area contributed by atoms with Crippen LogP contribution in [0.4, 0.5) is 5.95 Å². The van der Waals surface area contributed by atoms with Crippen molar-refractivity contribution in [2.45, 2.75) is 64.8 Å². The minimum Gasteiger partial charge on any atom is -0.356 e. The quantitative estimate of drug-likeness (QED) is 0.756. The van der Waals surface area contributed by atoms with Gasteiger partial charge in [-0.2, -0.15) is 0 Å². The third-order valence-corrected chi connectivity index (χ3v) is 6.50. The van der Waals surface area contributed by atoms with Crippen molar-refractivity contribution in [2.24, 2.45) is 5.92 Å². The maximum Gasteiger partial charge on any atom is 0.225 e. The fraction of sp³-hybridized carbons (Fsp3) is 0.682. The van der Waals surface area contributed by atoms with Gasteiger partial charge >= 0.3 is 0 Å². The Labute approximate surface area is 168 Å². The monoisotopic (exact) mass is 383 g/mol. The summed E-state index contributed by atoms with van der Waals surface area (Å²) in [6.07, 6.45) is 11.3. The molecule has 4 rings (SSSR count). The summed E-state index contributed by atoms with van der Waals surface area (Å²) in [5, 5.41) is 4.18.